The molecule has 0 aliphatic heterocycles. The van der Waals surface area contributed by atoms with Crippen LogP contribution < -0.4 is 4.74 Å². The Morgan fingerprint density at radius 3 is 2.19 bits per heavy atom. The van der Waals surface area contributed by atoms with Gasteiger partial charge in [0.15, 0.2) is 10.4 Å². The van der Waals surface area contributed by atoms with Crippen LogP contribution in [-0.2, 0) is 6.54 Å². The van der Waals surface area contributed by atoms with Gasteiger partial charge in [0.25, 0.3) is 0 Å². The summed E-state index contributed by atoms with van der Waals surface area (Å²) in [6.07, 6.45) is 4.67. The molecule has 1 aromatic heterocycles. The molecule has 0 saturated carbocycles. The van der Waals surface area contributed by atoms with Crippen molar-refractivity contribution in [1.82, 2.24) is 0 Å². The van der Waals surface area contributed by atoms with E-state index in [-0.39, 0.29) is 0 Å². The Bertz CT molecular complexity index is 692. The van der Waals surface area contributed by atoms with Crippen LogP contribution in [0.4, 0.5) is 0 Å². The van der Waals surface area contributed by atoms with Crippen molar-refractivity contribution in [1.29, 1.82) is 0 Å². The summed E-state index contributed by atoms with van der Waals surface area (Å²) < 4.78 is 16.2. The Morgan fingerprint density at radius 2 is 1.58 bits per heavy atom. The molecule has 0 spiro atoms. The second kappa shape index (κ2) is 10.6. The quantitative estimate of drug-likeness (QED) is 0.203. The van der Waals surface area contributed by atoms with Crippen LogP contribution in [0.15, 0.2) is 46.8 Å². The van der Waals surface area contributed by atoms with Crippen LogP contribution in [0.25, 0.3) is 0 Å². The van der Waals surface area contributed by atoms with Crippen LogP contribution >= 0.6 is 63.7 Å². The molecule has 1 aromatic carbocycles. The third kappa shape index (κ3) is 7.66. The maximum Gasteiger partial charge on any atom is 0.169 e. The number of ether oxygens (including phenoxy) is 1. The fraction of sp³-hybridized carbons (Fsp3) is 0.474. The highest BCUT2D eigenvalue weighted by molar-refractivity contribution is 9.11. The molecule has 0 unspecified atom stereocenters. The van der Waals surface area contributed by atoms with E-state index >= 15 is 0 Å². The molecule has 0 aliphatic carbocycles. The third-order valence-corrected chi connectivity index (χ3v) is 6.14. The summed E-state index contributed by atoms with van der Waals surface area (Å²) >= 11 is 13.9. The van der Waals surface area contributed by atoms with Gasteiger partial charge in [0.05, 0.1) is 36.2 Å². The highest BCUT2D eigenvalue weighted by Gasteiger charge is 2.17. The van der Waals surface area contributed by atoms with Gasteiger partial charge in [0.1, 0.15) is 12.3 Å². The molecular weight excluding hydrogens is 594 g/mol. The van der Waals surface area contributed by atoms with E-state index in [1.54, 1.807) is 0 Å². The first kappa shape index (κ1) is 22.5. The minimum atomic E-state index is 0.734. The number of nitrogens with zero attached hydrogens (tertiary/aromatic N) is 1. The predicted octanol–water partition coefficient (Wildman–Crippen LogP) is 7.55. The molecule has 144 valence electrons. The minimum absolute atomic E-state index is 0.734. The van der Waals surface area contributed by atoms with Gasteiger partial charge < -0.3 is 13.6 Å². The Hall–Kier alpha value is 0.180. The lowest BCUT2D eigenvalue weighted by molar-refractivity contribution is -0.904. The maximum atomic E-state index is 5.92. The van der Waals surface area contributed by atoms with E-state index in [1.807, 2.05) is 24.3 Å². The Balaban J connectivity index is 1.62. The molecule has 7 heteroatoms. The van der Waals surface area contributed by atoms with Gasteiger partial charge in [-0.05, 0) is 97.7 Å². The molecule has 0 radical (unpaired) electrons. The monoisotopic (exact) mass is 614 g/mol. The molecule has 3 nitrogen and oxygen atoms in total. The number of hydrogen-bond acceptors (Lipinski definition) is 2. The van der Waals surface area contributed by atoms with Gasteiger partial charge in [0.2, 0.25) is 0 Å². The van der Waals surface area contributed by atoms with Crippen molar-refractivity contribution in [3.05, 3.63) is 48.1 Å². The van der Waals surface area contributed by atoms with Gasteiger partial charge in [-0.3, -0.25) is 0 Å². The van der Waals surface area contributed by atoms with E-state index in [9.17, 15) is 0 Å². The van der Waals surface area contributed by atoms with E-state index in [1.165, 1.54) is 19.3 Å². The number of rotatable bonds is 10. The van der Waals surface area contributed by atoms with Crippen LogP contribution in [0, 0.1) is 0 Å². The Kier molecular flexibility index (Phi) is 9.20. The van der Waals surface area contributed by atoms with E-state index in [2.05, 4.69) is 77.8 Å². The van der Waals surface area contributed by atoms with Crippen LogP contribution in [0.1, 0.15) is 31.4 Å². The number of hydrogen-bond donors (Lipinski definition) is 0. The third-order valence-electron chi connectivity index (χ3n) is 4.08. The molecule has 0 N–H and O–H groups in total. The fourth-order valence-corrected chi connectivity index (χ4v) is 5.60. The van der Waals surface area contributed by atoms with Gasteiger partial charge in [-0.1, -0.05) is 15.9 Å². The van der Waals surface area contributed by atoms with Crippen LogP contribution in [0.5, 0.6) is 5.75 Å². The maximum absolute atomic E-state index is 5.92. The molecule has 0 aliphatic rings. The lowest BCUT2D eigenvalue weighted by Crippen LogP contribution is -2.39. The van der Waals surface area contributed by atoms with Crippen molar-refractivity contribution < 1.29 is 13.6 Å². The number of halogens is 4. The summed E-state index contributed by atoms with van der Waals surface area (Å²) in [7, 11) is 4.50. The molecule has 0 atom stereocenters. The number of benzene rings is 1. The molecule has 0 saturated heterocycles. The molecule has 2 aromatic rings. The van der Waals surface area contributed by atoms with E-state index in [4.69, 9.17) is 9.15 Å². The fourth-order valence-electron chi connectivity index (χ4n) is 2.77. The van der Waals surface area contributed by atoms with Gasteiger partial charge in [0, 0.05) is 4.47 Å². The highest BCUT2D eigenvalue weighted by Crippen LogP contribution is 2.36. The molecule has 1 heterocycles. The smallest absolute Gasteiger partial charge is 0.169 e. The normalized spacial score (nSPS) is 11.8. The number of unbranched alkanes of at least 4 members (excludes halogenated alkanes) is 3. The van der Waals surface area contributed by atoms with Crippen LogP contribution in [0.2, 0.25) is 0 Å². The van der Waals surface area contributed by atoms with E-state index < -0.39 is 0 Å². The van der Waals surface area contributed by atoms with E-state index in [0.29, 0.717) is 0 Å². The predicted molar refractivity (Wildman–Crippen MR) is 121 cm³/mol. The van der Waals surface area contributed by atoms with Crippen molar-refractivity contribution in [2.75, 3.05) is 27.2 Å². The Labute approximate surface area is 189 Å². The molecule has 26 heavy (non-hydrogen) atoms. The standard InChI is InChI=1S/C19H24Br4NO2/c1-24(2,13-15-7-8-18(23)26-15)9-5-3-4-6-10-25-19-16(21)11-14(20)12-17(19)22/h7-8,11-12H,3-6,9-10,13H2,1-2H3/q+1. The highest BCUT2D eigenvalue weighted by atomic mass is 79.9. The summed E-state index contributed by atoms with van der Waals surface area (Å²) in [4.78, 5) is 0. The zero-order chi connectivity index (χ0) is 19.2. The molecule has 0 fully saturated rings. The van der Waals surface area contributed by atoms with Gasteiger partial charge >= 0.3 is 0 Å². The van der Waals surface area contributed by atoms with Crippen molar-refractivity contribution in [2.24, 2.45) is 0 Å². The summed E-state index contributed by atoms with van der Waals surface area (Å²) in [6, 6.07) is 7.99. The largest absolute Gasteiger partial charge is 0.491 e. The van der Waals surface area contributed by atoms with Crippen molar-refractivity contribution in [3.8, 4) is 5.75 Å². The van der Waals surface area contributed by atoms with Gasteiger partial charge in [-0.2, -0.15) is 0 Å². The number of quaternary nitrogens is 1. The first-order valence-electron chi connectivity index (χ1n) is 8.60. The lowest BCUT2D eigenvalue weighted by atomic mass is 10.2. The average molecular weight is 618 g/mol. The first-order chi connectivity index (χ1) is 12.3. The second-order valence-electron chi connectivity index (χ2n) is 6.98. The summed E-state index contributed by atoms with van der Waals surface area (Å²) in [5.74, 6) is 1.90. The lowest BCUT2D eigenvalue weighted by Gasteiger charge is -2.28. The Morgan fingerprint density at radius 1 is 0.923 bits per heavy atom. The van der Waals surface area contributed by atoms with Crippen molar-refractivity contribution >= 4 is 63.7 Å². The summed E-state index contributed by atoms with van der Waals surface area (Å²) in [5.41, 5.74) is 0. The summed E-state index contributed by atoms with van der Waals surface area (Å²) in [6.45, 7) is 2.79. The molecule has 2 rings (SSSR count). The van der Waals surface area contributed by atoms with Gasteiger partial charge in [-0.15, -0.1) is 0 Å². The topological polar surface area (TPSA) is 22.4 Å². The molecular formula is C19H24Br4NO2+. The zero-order valence-electron chi connectivity index (χ0n) is 15.0. The van der Waals surface area contributed by atoms with Crippen molar-refractivity contribution in [2.45, 2.75) is 32.2 Å². The number of furan rings is 1. The summed E-state index contributed by atoms with van der Waals surface area (Å²) in [5, 5.41) is 0. The zero-order valence-corrected chi connectivity index (χ0v) is 21.4. The molecule has 0 bridgehead atoms. The SMILES string of the molecule is C[N+](C)(CCCCCCOc1c(Br)cc(Br)cc1Br)Cc1ccc(Br)o1. The first-order valence-corrected chi connectivity index (χ1v) is 11.8. The van der Waals surface area contributed by atoms with Crippen molar-refractivity contribution in [3.63, 3.8) is 0 Å². The average Bonchev–Trinajstić information content (AvgIpc) is 2.92. The van der Waals surface area contributed by atoms with Crippen LogP contribution in [-0.4, -0.2) is 31.7 Å². The van der Waals surface area contributed by atoms with Crippen LogP contribution in [0.3, 0.4) is 0 Å². The van der Waals surface area contributed by atoms with E-state index in [0.717, 1.165) is 60.2 Å². The second-order valence-corrected chi connectivity index (χ2v) is 10.4. The minimum Gasteiger partial charge on any atom is -0.491 e. The molecule has 0 amide bonds. The van der Waals surface area contributed by atoms with Gasteiger partial charge in [-0.25, -0.2) is 0 Å².